The minimum Gasteiger partial charge on any atom is -0.477 e. The molecule has 4 aliphatic carbocycles. The molecule has 1 amide bonds. The van der Waals surface area contributed by atoms with Gasteiger partial charge in [0.2, 0.25) is 0 Å². The number of anilines is 3. The minimum absolute atomic E-state index is 0.0257. The molecule has 4 saturated carbocycles. The fourth-order valence-electron chi connectivity index (χ4n) is 7.06. The molecule has 3 aromatic rings. The Morgan fingerprint density at radius 1 is 0.943 bits per heavy atom. The fraction of sp³-hybridized carbons (Fsp3) is 0.345. The average molecular weight is 468 g/mol. The van der Waals surface area contributed by atoms with Gasteiger partial charge in [-0.25, -0.2) is 9.78 Å². The van der Waals surface area contributed by atoms with Crippen molar-refractivity contribution >= 4 is 29.1 Å². The van der Waals surface area contributed by atoms with Crippen LogP contribution in [0, 0.1) is 17.8 Å². The fourth-order valence-corrected chi connectivity index (χ4v) is 7.06. The first-order chi connectivity index (χ1) is 16.9. The van der Waals surface area contributed by atoms with Crippen LogP contribution >= 0.6 is 0 Å². The summed E-state index contributed by atoms with van der Waals surface area (Å²) in [5, 5.41) is 12.2. The zero-order valence-electron chi connectivity index (χ0n) is 19.8. The molecule has 1 heterocycles. The number of aromatic nitrogens is 1. The lowest BCUT2D eigenvalue weighted by Crippen LogP contribution is -2.28. The largest absolute Gasteiger partial charge is 0.477 e. The van der Waals surface area contributed by atoms with Crippen LogP contribution < -0.4 is 10.2 Å². The van der Waals surface area contributed by atoms with Crippen molar-refractivity contribution < 1.29 is 14.7 Å². The monoisotopic (exact) mass is 467 g/mol. The van der Waals surface area contributed by atoms with E-state index in [1.807, 2.05) is 7.05 Å². The van der Waals surface area contributed by atoms with Gasteiger partial charge in [0.1, 0.15) is 5.82 Å². The molecule has 2 unspecified atom stereocenters. The molecule has 0 saturated heterocycles. The van der Waals surface area contributed by atoms with Crippen LogP contribution in [0.5, 0.6) is 0 Å². The predicted octanol–water partition coefficient (Wildman–Crippen LogP) is 5.88. The van der Waals surface area contributed by atoms with Gasteiger partial charge in [-0.2, -0.15) is 0 Å². The van der Waals surface area contributed by atoms with Crippen molar-refractivity contribution in [3.05, 3.63) is 83.6 Å². The summed E-state index contributed by atoms with van der Waals surface area (Å²) in [5.74, 6) is 1.98. The van der Waals surface area contributed by atoms with Crippen molar-refractivity contribution in [2.24, 2.45) is 17.8 Å². The quantitative estimate of drug-likeness (QED) is 0.473. The Morgan fingerprint density at radius 3 is 2.29 bits per heavy atom. The van der Waals surface area contributed by atoms with Crippen molar-refractivity contribution in [1.82, 2.24) is 4.98 Å². The second kappa shape index (κ2) is 8.22. The third-order valence-corrected chi connectivity index (χ3v) is 8.50. The van der Waals surface area contributed by atoms with Gasteiger partial charge in [-0.1, -0.05) is 18.2 Å². The molecule has 4 fully saturated rings. The Hall–Kier alpha value is -3.67. The molecule has 6 heteroatoms. The summed E-state index contributed by atoms with van der Waals surface area (Å²) in [5.41, 5.74) is 4.03. The van der Waals surface area contributed by atoms with E-state index in [-0.39, 0.29) is 11.6 Å². The maximum absolute atomic E-state index is 13.1. The van der Waals surface area contributed by atoms with Gasteiger partial charge in [-0.05, 0) is 109 Å². The van der Waals surface area contributed by atoms with Crippen LogP contribution in [0.25, 0.3) is 0 Å². The van der Waals surface area contributed by atoms with Gasteiger partial charge >= 0.3 is 5.97 Å². The van der Waals surface area contributed by atoms with Crippen LogP contribution in [0.3, 0.4) is 0 Å². The number of carboxylic acids is 1. The average Bonchev–Trinajstić information content (AvgIpc) is 3.28. The molecule has 4 aliphatic rings. The molecule has 0 radical (unpaired) electrons. The summed E-state index contributed by atoms with van der Waals surface area (Å²) in [6.07, 6.45) is 6.94. The van der Waals surface area contributed by atoms with Gasteiger partial charge in [0.05, 0.1) is 0 Å². The normalized spacial score (nSPS) is 26.0. The molecule has 0 aliphatic heterocycles. The van der Waals surface area contributed by atoms with Crippen LogP contribution in [0.4, 0.5) is 17.2 Å². The number of carbonyl (C=O) groups is 2. The van der Waals surface area contributed by atoms with Gasteiger partial charge in [-0.15, -0.1) is 0 Å². The summed E-state index contributed by atoms with van der Waals surface area (Å²) in [6, 6.07) is 20.6. The zero-order valence-corrected chi connectivity index (χ0v) is 19.8. The Kier molecular flexibility index (Phi) is 5.13. The number of amides is 1. The molecule has 4 bridgehead atoms. The second-order valence-corrected chi connectivity index (χ2v) is 10.5. The lowest BCUT2D eigenvalue weighted by molar-refractivity contribution is 0.0690. The molecule has 2 N–H and O–H groups in total. The van der Waals surface area contributed by atoms with E-state index in [9.17, 15) is 9.59 Å². The number of carboxylic acid groups (broad SMARTS) is 1. The summed E-state index contributed by atoms with van der Waals surface area (Å²) in [7, 11) is 1.81. The van der Waals surface area contributed by atoms with Gasteiger partial charge in [0.25, 0.3) is 5.91 Å². The highest BCUT2D eigenvalue weighted by Gasteiger charge is 2.58. The summed E-state index contributed by atoms with van der Waals surface area (Å²) in [6.45, 7) is 0. The van der Waals surface area contributed by atoms with Crippen LogP contribution in [-0.4, -0.2) is 29.0 Å². The van der Waals surface area contributed by atoms with Gasteiger partial charge in [0.15, 0.2) is 5.69 Å². The standard InChI is InChI=1S/C29H29N3O3/c1-32(24-11-7-21(8-12-24)29-16-18-13-19(17-29)15-22(29)14-18)27(33)20-5-9-23(10-6-20)30-26-4-2-3-25(31-26)28(34)35/h2-12,18-19,22H,13-17H2,1H3,(H,30,31)(H,34,35). The molecule has 2 aromatic carbocycles. The number of pyridine rings is 1. The topological polar surface area (TPSA) is 82.5 Å². The second-order valence-electron chi connectivity index (χ2n) is 10.5. The van der Waals surface area contributed by atoms with E-state index in [0.29, 0.717) is 16.8 Å². The highest BCUT2D eigenvalue weighted by atomic mass is 16.4. The predicted molar refractivity (Wildman–Crippen MR) is 135 cm³/mol. The third kappa shape index (κ3) is 3.77. The number of aromatic carboxylic acids is 1. The number of nitrogens with zero attached hydrogens (tertiary/aromatic N) is 2. The molecule has 7 rings (SSSR count). The van der Waals surface area contributed by atoms with Crippen LogP contribution in [-0.2, 0) is 5.41 Å². The first kappa shape index (κ1) is 21.8. The molecule has 0 spiro atoms. The van der Waals surface area contributed by atoms with Crippen LogP contribution in [0.1, 0.15) is 58.5 Å². The van der Waals surface area contributed by atoms with E-state index in [2.05, 4.69) is 34.6 Å². The summed E-state index contributed by atoms with van der Waals surface area (Å²) in [4.78, 5) is 30.0. The van der Waals surface area contributed by atoms with Gasteiger partial charge in [-0.3, -0.25) is 4.79 Å². The minimum atomic E-state index is -1.08. The maximum atomic E-state index is 13.1. The van der Waals surface area contributed by atoms with E-state index in [4.69, 9.17) is 5.11 Å². The van der Waals surface area contributed by atoms with E-state index < -0.39 is 5.97 Å². The Balaban J connectivity index is 1.14. The lowest BCUT2D eigenvalue weighted by Gasteiger charge is -2.33. The van der Waals surface area contributed by atoms with Crippen molar-refractivity contribution in [3.8, 4) is 0 Å². The number of carbonyl (C=O) groups excluding carboxylic acids is 1. The summed E-state index contributed by atoms with van der Waals surface area (Å²) >= 11 is 0. The molecular formula is C29H29N3O3. The Labute approximate surface area is 205 Å². The van der Waals surface area contributed by atoms with Crippen molar-refractivity contribution in [1.29, 1.82) is 0 Å². The van der Waals surface area contributed by atoms with E-state index >= 15 is 0 Å². The molecule has 1 aromatic heterocycles. The Bertz CT molecular complexity index is 1270. The smallest absolute Gasteiger partial charge is 0.354 e. The number of rotatable bonds is 6. The van der Waals surface area contributed by atoms with E-state index in [1.54, 1.807) is 41.3 Å². The zero-order chi connectivity index (χ0) is 24.2. The molecule has 2 atom stereocenters. The number of hydrogen-bond donors (Lipinski definition) is 2. The summed E-state index contributed by atoms with van der Waals surface area (Å²) < 4.78 is 0. The number of benzene rings is 2. The van der Waals surface area contributed by atoms with Crippen molar-refractivity contribution in [2.45, 2.75) is 37.5 Å². The molecule has 6 nitrogen and oxygen atoms in total. The van der Waals surface area contributed by atoms with E-state index in [1.165, 1.54) is 43.7 Å². The van der Waals surface area contributed by atoms with Crippen LogP contribution in [0.15, 0.2) is 66.7 Å². The molecular weight excluding hydrogens is 438 g/mol. The molecule has 178 valence electrons. The first-order valence-electron chi connectivity index (χ1n) is 12.4. The number of nitrogens with one attached hydrogen (secondary N) is 1. The maximum Gasteiger partial charge on any atom is 0.354 e. The van der Waals surface area contributed by atoms with Gasteiger partial charge in [0, 0.05) is 24.0 Å². The highest BCUT2D eigenvalue weighted by Crippen LogP contribution is 2.65. The van der Waals surface area contributed by atoms with Crippen molar-refractivity contribution in [3.63, 3.8) is 0 Å². The number of hydrogen-bond acceptors (Lipinski definition) is 4. The third-order valence-electron chi connectivity index (χ3n) is 8.50. The van der Waals surface area contributed by atoms with Gasteiger partial charge < -0.3 is 15.3 Å². The van der Waals surface area contributed by atoms with Crippen LogP contribution in [0.2, 0.25) is 0 Å². The van der Waals surface area contributed by atoms with Crippen molar-refractivity contribution in [2.75, 3.05) is 17.3 Å². The highest BCUT2D eigenvalue weighted by molar-refractivity contribution is 6.05. The SMILES string of the molecule is CN(C(=O)c1ccc(Nc2cccc(C(=O)O)n2)cc1)c1ccc(C23CC4CC(CC2C4)C3)cc1. The lowest BCUT2D eigenvalue weighted by atomic mass is 9.71. The van der Waals surface area contributed by atoms with E-state index in [0.717, 1.165) is 29.1 Å². The molecule has 35 heavy (non-hydrogen) atoms. The Morgan fingerprint density at radius 2 is 1.63 bits per heavy atom. The first-order valence-corrected chi connectivity index (χ1v) is 12.4.